The van der Waals surface area contributed by atoms with E-state index in [-0.39, 0.29) is 6.10 Å². The van der Waals surface area contributed by atoms with Gasteiger partial charge in [0, 0.05) is 11.8 Å². The Morgan fingerprint density at radius 2 is 2.06 bits per heavy atom. The SMILES string of the molecule is CC(C)Oc1cc(C2=CCCCC2)ccc1-c1cccc2c1c(N)nn2Cc1cnc[nH]1. The van der Waals surface area contributed by atoms with Crippen LogP contribution < -0.4 is 10.5 Å². The van der Waals surface area contributed by atoms with E-state index in [1.54, 1.807) is 12.5 Å². The van der Waals surface area contributed by atoms with E-state index in [1.165, 1.54) is 24.0 Å². The van der Waals surface area contributed by atoms with Crippen molar-refractivity contribution in [2.45, 2.75) is 52.2 Å². The molecule has 6 nitrogen and oxygen atoms in total. The Bertz CT molecular complexity index is 1270. The van der Waals surface area contributed by atoms with Crippen LogP contribution in [0.25, 0.3) is 27.6 Å². The van der Waals surface area contributed by atoms with Crippen molar-refractivity contribution in [2.24, 2.45) is 0 Å². The van der Waals surface area contributed by atoms with Crippen LogP contribution in [0.5, 0.6) is 5.75 Å². The number of nitrogens with two attached hydrogens (primary N) is 1. The average Bonchev–Trinajstić information content (AvgIpc) is 3.42. The van der Waals surface area contributed by atoms with Crippen molar-refractivity contribution in [3.8, 4) is 16.9 Å². The molecular formula is C26H29N5O. The van der Waals surface area contributed by atoms with Gasteiger partial charge in [-0.3, -0.25) is 4.68 Å². The maximum absolute atomic E-state index is 6.43. The van der Waals surface area contributed by atoms with Gasteiger partial charge in [0.25, 0.3) is 0 Å². The molecule has 2 aromatic heterocycles. The van der Waals surface area contributed by atoms with Crippen molar-refractivity contribution in [1.29, 1.82) is 0 Å². The van der Waals surface area contributed by atoms with E-state index in [4.69, 9.17) is 10.5 Å². The standard InChI is InChI=1S/C26H29N5O/c1-17(2)32-24-13-19(18-7-4-3-5-8-18)11-12-21(24)22-9-6-10-23-25(22)26(27)30-31(23)15-20-14-28-16-29-20/h6-7,9-14,16-17H,3-5,8,15H2,1-2H3,(H2,27,30)(H,28,29). The number of H-pyrrole nitrogens is 1. The first kappa shape index (κ1) is 20.4. The van der Waals surface area contributed by atoms with Gasteiger partial charge in [-0.2, -0.15) is 5.10 Å². The Balaban J connectivity index is 1.62. The minimum atomic E-state index is 0.0731. The lowest BCUT2D eigenvalue weighted by Crippen LogP contribution is -2.07. The summed E-state index contributed by atoms with van der Waals surface area (Å²) in [4.78, 5) is 7.24. The number of hydrogen-bond donors (Lipinski definition) is 2. The van der Waals surface area contributed by atoms with E-state index in [9.17, 15) is 0 Å². The summed E-state index contributed by atoms with van der Waals surface area (Å²) < 4.78 is 8.23. The monoisotopic (exact) mass is 427 g/mol. The quantitative estimate of drug-likeness (QED) is 0.407. The largest absolute Gasteiger partial charge is 0.490 e. The molecule has 2 aromatic carbocycles. The lowest BCUT2D eigenvalue weighted by molar-refractivity contribution is 0.243. The minimum Gasteiger partial charge on any atom is -0.490 e. The van der Waals surface area contributed by atoms with Gasteiger partial charge in [-0.15, -0.1) is 0 Å². The topological polar surface area (TPSA) is 81.8 Å². The molecule has 1 aliphatic carbocycles. The van der Waals surface area contributed by atoms with Crippen molar-refractivity contribution >= 4 is 22.3 Å². The van der Waals surface area contributed by atoms with Crippen LogP contribution in [0, 0.1) is 0 Å². The van der Waals surface area contributed by atoms with Gasteiger partial charge in [-0.1, -0.05) is 30.3 Å². The number of anilines is 1. The molecule has 4 aromatic rings. The molecule has 32 heavy (non-hydrogen) atoms. The summed E-state index contributed by atoms with van der Waals surface area (Å²) in [6.07, 6.45) is 10.7. The van der Waals surface area contributed by atoms with Gasteiger partial charge >= 0.3 is 0 Å². The zero-order valence-corrected chi connectivity index (χ0v) is 18.6. The first-order valence-electron chi connectivity index (χ1n) is 11.3. The minimum absolute atomic E-state index is 0.0731. The van der Waals surface area contributed by atoms with E-state index < -0.39 is 0 Å². The van der Waals surface area contributed by atoms with Gasteiger partial charge in [0.05, 0.1) is 35.6 Å². The highest BCUT2D eigenvalue weighted by molar-refractivity contribution is 6.03. The van der Waals surface area contributed by atoms with Crippen molar-refractivity contribution in [3.05, 3.63) is 66.3 Å². The molecule has 0 saturated heterocycles. The third-order valence-corrected chi connectivity index (χ3v) is 5.98. The maximum atomic E-state index is 6.43. The highest BCUT2D eigenvalue weighted by atomic mass is 16.5. The Labute approximate surface area is 188 Å². The summed E-state index contributed by atoms with van der Waals surface area (Å²) >= 11 is 0. The normalized spacial score (nSPS) is 14.2. The van der Waals surface area contributed by atoms with Crippen LogP contribution in [0.4, 0.5) is 5.82 Å². The van der Waals surface area contributed by atoms with E-state index in [0.717, 1.165) is 46.3 Å². The van der Waals surface area contributed by atoms with Crippen molar-refractivity contribution in [2.75, 3.05) is 5.73 Å². The summed E-state index contributed by atoms with van der Waals surface area (Å²) in [5.74, 6) is 1.40. The van der Waals surface area contributed by atoms with E-state index >= 15 is 0 Å². The number of nitrogens with one attached hydrogen (secondary N) is 1. The van der Waals surface area contributed by atoms with Gasteiger partial charge < -0.3 is 15.5 Å². The van der Waals surface area contributed by atoms with Gasteiger partial charge in [0.15, 0.2) is 5.82 Å². The molecule has 0 fully saturated rings. The second kappa shape index (κ2) is 8.54. The smallest absolute Gasteiger partial charge is 0.154 e. The second-order valence-electron chi connectivity index (χ2n) is 8.67. The molecule has 5 rings (SSSR count). The molecule has 0 radical (unpaired) electrons. The number of nitrogen functional groups attached to an aromatic ring is 1. The molecule has 2 heterocycles. The first-order chi connectivity index (χ1) is 15.6. The molecule has 0 saturated carbocycles. The van der Waals surface area contributed by atoms with Crippen LogP contribution in [0.2, 0.25) is 0 Å². The number of fused-ring (bicyclic) bond motifs is 1. The Hall–Kier alpha value is -3.54. The third kappa shape index (κ3) is 3.88. The molecule has 0 bridgehead atoms. The second-order valence-corrected chi connectivity index (χ2v) is 8.67. The fourth-order valence-corrected chi connectivity index (χ4v) is 4.53. The summed E-state index contributed by atoms with van der Waals surface area (Å²) in [5, 5.41) is 5.58. The molecule has 0 spiro atoms. The number of nitrogens with zero attached hydrogens (tertiary/aromatic N) is 3. The van der Waals surface area contributed by atoms with Crippen LogP contribution in [-0.4, -0.2) is 25.9 Å². The summed E-state index contributed by atoms with van der Waals surface area (Å²) in [7, 11) is 0. The van der Waals surface area contributed by atoms with E-state index in [2.05, 4.69) is 71.4 Å². The highest BCUT2D eigenvalue weighted by Crippen LogP contribution is 2.40. The Morgan fingerprint density at radius 3 is 2.81 bits per heavy atom. The molecule has 0 unspecified atom stereocenters. The number of rotatable bonds is 6. The predicted octanol–water partition coefficient (Wildman–Crippen LogP) is 5.80. The molecule has 0 aliphatic heterocycles. The number of allylic oxidation sites excluding steroid dienone is 2. The predicted molar refractivity (Wildman–Crippen MR) is 129 cm³/mol. The number of benzene rings is 2. The Morgan fingerprint density at radius 1 is 1.16 bits per heavy atom. The Kier molecular flexibility index (Phi) is 5.43. The van der Waals surface area contributed by atoms with Crippen molar-refractivity contribution in [3.63, 3.8) is 0 Å². The number of hydrogen-bond acceptors (Lipinski definition) is 4. The van der Waals surface area contributed by atoms with Gasteiger partial charge in [0.2, 0.25) is 0 Å². The molecule has 6 heteroatoms. The van der Waals surface area contributed by atoms with Crippen LogP contribution >= 0.6 is 0 Å². The number of ether oxygens (including phenoxy) is 1. The van der Waals surface area contributed by atoms with Gasteiger partial charge in [-0.25, -0.2) is 4.98 Å². The number of aromatic nitrogens is 4. The van der Waals surface area contributed by atoms with E-state index in [0.29, 0.717) is 12.4 Å². The summed E-state index contributed by atoms with van der Waals surface area (Å²) in [6.45, 7) is 4.71. The molecule has 0 atom stereocenters. The summed E-state index contributed by atoms with van der Waals surface area (Å²) in [5.41, 5.74) is 13.1. The lowest BCUT2D eigenvalue weighted by atomic mass is 9.91. The average molecular weight is 428 g/mol. The maximum Gasteiger partial charge on any atom is 0.154 e. The number of imidazole rings is 1. The zero-order valence-electron chi connectivity index (χ0n) is 18.6. The van der Waals surface area contributed by atoms with Crippen molar-refractivity contribution in [1.82, 2.24) is 19.7 Å². The molecule has 164 valence electrons. The first-order valence-corrected chi connectivity index (χ1v) is 11.3. The molecular weight excluding hydrogens is 398 g/mol. The van der Waals surface area contributed by atoms with Gasteiger partial charge in [-0.05, 0) is 68.4 Å². The van der Waals surface area contributed by atoms with Gasteiger partial charge in [0.1, 0.15) is 5.75 Å². The lowest BCUT2D eigenvalue weighted by Gasteiger charge is -2.19. The third-order valence-electron chi connectivity index (χ3n) is 5.98. The van der Waals surface area contributed by atoms with Crippen molar-refractivity contribution < 1.29 is 4.74 Å². The molecule has 3 N–H and O–H groups in total. The fraction of sp³-hybridized carbons (Fsp3) is 0.308. The summed E-state index contributed by atoms with van der Waals surface area (Å²) in [6, 6.07) is 12.8. The molecule has 0 amide bonds. The van der Waals surface area contributed by atoms with Crippen LogP contribution in [0.3, 0.4) is 0 Å². The number of aromatic amines is 1. The molecule has 1 aliphatic rings. The van der Waals surface area contributed by atoms with Crippen LogP contribution in [0.15, 0.2) is 55.0 Å². The zero-order chi connectivity index (χ0) is 22.1. The van der Waals surface area contributed by atoms with E-state index in [1.807, 2.05) is 4.68 Å². The van der Waals surface area contributed by atoms with Crippen LogP contribution in [-0.2, 0) is 6.54 Å². The fourth-order valence-electron chi connectivity index (χ4n) is 4.53. The highest BCUT2D eigenvalue weighted by Gasteiger charge is 2.18. The van der Waals surface area contributed by atoms with Crippen LogP contribution in [0.1, 0.15) is 50.8 Å².